The zero-order valence-corrected chi connectivity index (χ0v) is 22.8. The maximum absolute atomic E-state index is 11.7. The van der Waals surface area contributed by atoms with E-state index < -0.39 is 22.2 Å². The third-order valence-corrected chi connectivity index (χ3v) is 4.93. The summed E-state index contributed by atoms with van der Waals surface area (Å²) in [5.74, 6) is -1.61. The quantitative estimate of drug-likeness (QED) is 0.107. The smallest absolute Gasteiger partial charge is 0.370 e. The van der Waals surface area contributed by atoms with Gasteiger partial charge in [0, 0.05) is 34.9 Å². The van der Waals surface area contributed by atoms with Crippen LogP contribution in [-0.2, 0) is 10.4 Å². The number of hydrogen-bond acceptors (Lipinski definition) is 6. The Labute approximate surface area is 245 Å². The van der Waals surface area contributed by atoms with Gasteiger partial charge in [-0.3, -0.25) is 18.7 Å². The molecule has 43 heavy (non-hydrogen) atoms. The lowest BCUT2D eigenvalue weighted by Gasteiger charge is -2.05. The molecule has 0 aliphatic heterocycles. The highest BCUT2D eigenvalue weighted by molar-refractivity contribution is 7.79. The highest BCUT2D eigenvalue weighted by Gasteiger charge is 2.09. The monoisotopic (exact) mass is 604 g/mol. The first-order valence-electron chi connectivity index (χ1n) is 11.6. The third kappa shape index (κ3) is 10.7. The Bertz CT molecular complexity index is 1740. The zero-order valence-electron chi connectivity index (χ0n) is 22.0. The summed E-state index contributed by atoms with van der Waals surface area (Å²) < 4.78 is 34.9. The van der Waals surface area contributed by atoms with Gasteiger partial charge in [-0.2, -0.15) is 28.9 Å². The molecule has 2 aromatic carbocycles. The van der Waals surface area contributed by atoms with Crippen molar-refractivity contribution in [2.75, 3.05) is 0 Å². The van der Waals surface area contributed by atoms with Crippen LogP contribution in [0.4, 0.5) is 0 Å². The average Bonchev–Trinajstić information content (AvgIpc) is 3.61. The average molecular weight is 605 g/mol. The van der Waals surface area contributed by atoms with E-state index in [2.05, 4.69) is 22.1 Å². The Morgan fingerprint density at radius 1 is 0.674 bits per heavy atom. The molecule has 0 radical (unpaired) electrons. The first-order valence-corrected chi connectivity index (χ1v) is 13.0. The molecule has 0 saturated heterocycles. The summed E-state index contributed by atoms with van der Waals surface area (Å²) in [5, 5.41) is 17.9. The summed E-state index contributed by atoms with van der Waals surface area (Å²) in [4.78, 5) is 30.4. The van der Waals surface area contributed by atoms with Crippen LogP contribution in [0.25, 0.3) is 11.4 Å². The molecular weight excluding hydrogens is 580 g/mol. The lowest BCUT2D eigenvalue weighted by Crippen LogP contribution is -2.24. The number of carbonyl (C=O) groups excluding carboxylic acids is 2. The fraction of sp³-hybridized carbons (Fsp3) is 0. The number of rotatable bonds is 4. The van der Waals surface area contributed by atoms with Crippen LogP contribution in [0.5, 0.6) is 0 Å². The molecule has 4 rings (SSSR count). The fourth-order valence-electron chi connectivity index (χ4n) is 3.34. The van der Waals surface area contributed by atoms with E-state index in [0.717, 1.165) is 0 Å². The highest BCUT2D eigenvalue weighted by atomic mass is 32.3. The Morgan fingerprint density at radius 3 is 1.33 bits per heavy atom. The van der Waals surface area contributed by atoms with Gasteiger partial charge in [0.15, 0.2) is 11.9 Å². The van der Waals surface area contributed by atoms with Crippen molar-refractivity contribution in [3.63, 3.8) is 0 Å². The molecule has 2 amide bonds. The van der Waals surface area contributed by atoms with Crippen LogP contribution in [-0.4, -0.2) is 50.4 Å². The minimum absolute atomic E-state index is 0.283. The number of nitrogens with two attached hydrogens (primary N) is 4. The van der Waals surface area contributed by atoms with Crippen molar-refractivity contribution in [2.45, 2.75) is 0 Å². The van der Waals surface area contributed by atoms with E-state index in [0.29, 0.717) is 33.9 Å². The summed E-state index contributed by atoms with van der Waals surface area (Å²) in [6.07, 6.45) is 3.48. The summed E-state index contributed by atoms with van der Waals surface area (Å²) >= 11 is 0. The molecule has 0 aliphatic rings. The van der Waals surface area contributed by atoms with Crippen LogP contribution in [0.2, 0.25) is 0 Å². The summed E-state index contributed by atoms with van der Waals surface area (Å²) in [5.41, 5.74) is 23.7. The number of nitriles is 2. The topological polar surface area (TPSA) is 295 Å². The first kappa shape index (κ1) is 32.9. The van der Waals surface area contributed by atoms with Gasteiger partial charge in [-0.05, 0) is 60.7 Å². The first-order chi connectivity index (χ1) is 20.2. The van der Waals surface area contributed by atoms with E-state index in [-0.39, 0.29) is 11.9 Å². The summed E-state index contributed by atoms with van der Waals surface area (Å²) in [6.45, 7) is 0. The van der Waals surface area contributed by atoms with E-state index in [1.165, 1.54) is 0 Å². The van der Waals surface area contributed by atoms with Gasteiger partial charge in [0.2, 0.25) is 0 Å². The Morgan fingerprint density at radius 2 is 1.02 bits per heavy atom. The molecule has 4 aromatic rings. The molecule has 0 aliphatic carbocycles. The second kappa shape index (κ2) is 14.9. The van der Waals surface area contributed by atoms with Crippen LogP contribution in [0.1, 0.15) is 32.1 Å². The Hall–Kier alpha value is -6.27. The van der Waals surface area contributed by atoms with Crippen molar-refractivity contribution in [3.05, 3.63) is 108 Å². The molecule has 2 aromatic heterocycles. The van der Waals surface area contributed by atoms with Crippen LogP contribution < -0.4 is 22.9 Å². The van der Waals surface area contributed by atoms with Crippen LogP contribution in [0.15, 0.2) is 95.2 Å². The van der Waals surface area contributed by atoms with E-state index in [4.69, 9.17) is 51.0 Å². The van der Waals surface area contributed by atoms with Crippen molar-refractivity contribution >= 4 is 34.1 Å². The van der Waals surface area contributed by atoms with Crippen LogP contribution in [0, 0.1) is 22.7 Å². The van der Waals surface area contributed by atoms with Gasteiger partial charge in [0.1, 0.15) is 23.5 Å². The molecule has 0 unspecified atom stereocenters. The second-order valence-corrected chi connectivity index (χ2v) is 8.88. The van der Waals surface area contributed by atoms with Gasteiger partial charge in [-0.25, -0.2) is 0 Å². The molecule has 0 fully saturated rings. The number of hydrogen-bond donors (Lipinski definition) is 6. The molecule has 0 spiro atoms. The predicted octanol–water partition coefficient (Wildman–Crippen LogP) is 0.872. The number of amides is 2. The Kier molecular flexibility index (Phi) is 11.4. The van der Waals surface area contributed by atoms with E-state index in [1.54, 1.807) is 94.3 Å². The van der Waals surface area contributed by atoms with Gasteiger partial charge in [-0.1, -0.05) is 12.1 Å². The highest BCUT2D eigenvalue weighted by Crippen LogP contribution is 2.16. The van der Waals surface area contributed by atoms with Crippen molar-refractivity contribution < 1.29 is 27.1 Å². The maximum Gasteiger partial charge on any atom is 0.394 e. The number of nitrogens with zero attached hydrogens (tertiary/aromatic N) is 6. The second-order valence-electron chi connectivity index (χ2n) is 7.98. The molecular formula is C26H24N10O6S. The van der Waals surface area contributed by atoms with Crippen LogP contribution in [0.3, 0.4) is 0 Å². The van der Waals surface area contributed by atoms with Crippen molar-refractivity contribution in [2.24, 2.45) is 32.9 Å². The van der Waals surface area contributed by atoms with Gasteiger partial charge >= 0.3 is 10.4 Å². The van der Waals surface area contributed by atoms with E-state index in [1.807, 2.05) is 0 Å². The molecule has 2 heterocycles. The van der Waals surface area contributed by atoms with Crippen LogP contribution >= 0.6 is 0 Å². The van der Waals surface area contributed by atoms with Gasteiger partial charge < -0.3 is 32.1 Å². The van der Waals surface area contributed by atoms with Gasteiger partial charge in [0.25, 0.3) is 11.8 Å². The van der Waals surface area contributed by atoms with Gasteiger partial charge in [0.05, 0.1) is 0 Å². The molecule has 0 atom stereocenters. The number of aromatic nitrogens is 2. The minimum Gasteiger partial charge on any atom is -0.370 e. The lowest BCUT2D eigenvalue weighted by atomic mass is 10.2. The summed E-state index contributed by atoms with van der Waals surface area (Å²) in [6, 6.07) is 24.4. The normalized spacial score (nSPS) is 9.86. The number of aliphatic imine (C=N–C) groups is 2. The number of carbonyl (C=O) groups is 2. The predicted molar refractivity (Wildman–Crippen MR) is 155 cm³/mol. The molecule has 0 saturated carbocycles. The molecule has 17 heteroatoms. The largest absolute Gasteiger partial charge is 0.394 e. The molecule has 220 valence electrons. The van der Waals surface area contributed by atoms with Gasteiger partial charge in [-0.15, -0.1) is 0 Å². The Balaban J connectivity index is 0.000000260. The number of benzene rings is 2. The van der Waals surface area contributed by atoms with E-state index >= 15 is 0 Å². The standard InChI is InChI=1S/2C13H11N5O.H2O4S/c2*14-8-11-5-2-6-18(11)10-4-1-3-9(7-10)12(19)17-13(15)16;1-5(2,3)4/h2*1-7H,(H4,15,16,17,19);(H2,1,2,3,4). The van der Waals surface area contributed by atoms with E-state index in [9.17, 15) is 9.59 Å². The SMILES string of the molecule is N#Cc1cccn1-c1cccc(C(=O)N=C(N)N)c1.N#Cc1cccn1-c1cccc(C(=O)N=C(N)N)c1.O=S(=O)(O)O. The van der Waals surface area contributed by atoms with Crippen molar-refractivity contribution in [3.8, 4) is 23.5 Å². The summed E-state index contributed by atoms with van der Waals surface area (Å²) in [7, 11) is -4.67. The maximum atomic E-state index is 11.7. The minimum atomic E-state index is -4.67. The van der Waals surface area contributed by atoms with Crippen molar-refractivity contribution in [1.29, 1.82) is 10.5 Å². The number of guanidine groups is 2. The molecule has 10 N–H and O–H groups in total. The lowest BCUT2D eigenvalue weighted by molar-refractivity contribution is 0.0994. The molecule has 16 nitrogen and oxygen atoms in total. The zero-order chi connectivity index (χ0) is 32.2. The third-order valence-electron chi connectivity index (χ3n) is 4.93. The fourth-order valence-corrected chi connectivity index (χ4v) is 3.34. The van der Waals surface area contributed by atoms with Crippen molar-refractivity contribution in [1.82, 2.24) is 9.13 Å². The molecule has 0 bridgehead atoms.